The van der Waals surface area contributed by atoms with Crippen LogP contribution in [0.15, 0.2) is 35.2 Å². The van der Waals surface area contributed by atoms with Gasteiger partial charge in [0.2, 0.25) is 10.0 Å². The minimum absolute atomic E-state index is 0.0534. The highest BCUT2D eigenvalue weighted by molar-refractivity contribution is 7.89. The monoisotopic (exact) mass is 522 g/mol. The maximum atomic E-state index is 13.6. The van der Waals surface area contributed by atoms with Crippen molar-refractivity contribution in [3.63, 3.8) is 0 Å². The van der Waals surface area contributed by atoms with Gasteiger partial charge in [0.25, 0.3) is 5.91 Å². The molecule has 2 aromatic carbocycles. The number of aliphatic hydroxyl groups is 1. The number of nitrogens with zero attached hydrogens (tertiary/aromatic N) is 1. The van der Waals surface area contributed by atoms with E-state index in [0.717, 1.165) is 18.2 Å². The predicted molar refractivity (Wildman–Crippen MR) is 120 cm³/mol. The molecule has 1 fully saturated rings. The maximum absolute atomic E-state index is 13.6. The van der Waals surface area contributed by atoms with Gasteiger partial charge in [-0.3, -0.25) is 4.79 Å². The molecule has 0 unspecified atom stereocenters. The zero-order valence-corrected chi connectivity index (χ0v) is 19.9. The van der Waals surface area contributed by atoms with Crippen molar-refractivity contribution >= 4 is 44.8 Å². The van der Waals surface area contributed by atoms with E-state index in [4.69, 9.17) is 27.9 Å². The van der Waals surface area contributed by atoms with Crippen molar-refractivity contribution in [1.29, 1.82) is 0 Å². The van der Waals surface area contributed by atoms with Gasteiger partial charge in [-0.25, -0.2) is 17.2 Å². The lowest BCUT2D eigenvalue weighted by atomic mass is 9.89. The quantitative estimate of drug-likeness (QED) is 0.534. The molecular formula is C21H22Cl2F2N2O5S. The molecule has 2 N–H and O–H groups in total. The van der Waals surface area contributed by atoms with Crippen LogP contribution < -0.4 is 5.32 Å². The van der Waals surface area contributed by atoms with E-state index in [1.807, 2.05) is 0 Å². The number of carbonyl (C=O) groups excluding carboxylic acids is 1. The van der Waals surface area contributed by atoms with Crippen LogP contribution in [0, 0.1) is 11.6 Å². The van der Waals surface area contributed by atoms with Gasteiger partial charge < -0.3 is 15.2 Å². The molecule has 1 saturated heterocycles. The van der Waals surface area contributed by atoms with Gasteiger partial charge >= 0.3 is 0 Å². The highest BCUT2D eigenvalue weighted by atomic mass is 35.5. The number of piperidine rings is 1. The number of rotatable bonds is 7. The van der Waals surface area contributed by atoms with Crippen LogP contribution in [0.1, 0.15) is 29.6 Å². The Kier molecular flexibility index (Phi) is 7.98. The number of sulfonamides is 1. The van der Waals surface area contributed by atoms with Gasteiger partial charge in [-0.1, -0.05) is 23.2 Å². The van der Waals surface area contributed by atoms with E-state index in [9.17, 15) is 27.1 Å². The first-order valence-corrected chi connectivity index (χ1v) is 12.1. The summed E-state index contributed by atoms with van der Waals surface area (Å²) >= 11 is 11.8. The molecule has 180 valence electrons. The van der Waals surface area contributed by atoms with Crippen molar-refractivity contribution in [2.45, 2.75) is 29.8 Å². The molecule has 1 aliphatic rings. The first-order valence-electron chi connectivity index (χ1n) is 9.94. The van der Waals surface area contributed by atoms with E-state index >= 15 is 0 Å². The highest BCUT2D eigenvalue weighted by Gasteiger charge is 2.39. The van der Waals surface area contributed by atoms with Crippen LogP contribution in [0.4, 0.5) is 14.5 Å². The molecule has 1 heterocycles. The molecule has 0 saturated carbocycles. The molecule has 0 aromatic heterocycles. The van der Waals surface area contributed by atoms with Crippen molar-refractivity contribution in [3.8, 4) is 0 Å². The molecular weight excluding hydrogens is 501 g/mol. The van der Waals surface area contributed by atoms with Gasteiger partial charge in [0.15, 0.2) is 11.6 Å². The van der Waals surface area contributed by atoms with Crippen LogP contribution in [0.5, 0.6) is 0 Å². The van der Waals surface area contributed by atoms with Crippen molar-refractivity contribution in [1.82, 2.24) is 4.31 Å². The molecule has 1 aliphatic heterocycles. The number of carbonyl (C=O) groups is 1. The van der Waals surface area contributed by atoms with E-state index in [2.05, 4.69) is 5.32 Å². The van der Waals surface area contributed by atoms with E-state index in [1.165, 1.54) is 23.5 Å². The number of hydrogen-bond acceptors (Lipinski definition) is 5. The lowest BCUT2D eigenvalue weighted by molar-refractivity contribution is -0.0598. The zero-order valence-electron chi connectivity index (χ0n) is 17.6. The number of anilines is 1. The van der Waals surface area contributed by atoms with Gasteiger partial charge in [0.05, 0.1) is 15.6 Å². The average molecular weight is 523 g/mol. The summed E-state index contributed by atoms with van der Waals surface area (Å²) in [6, 6.07) is 5.51. The van der Waals surface area contributed by atoms with Crippen LogP contribution >= 0.6 is 23.2 Å². The SMILES string of the molecule is COC1(CCO)CCN(S(=O)(=O)c2cc(C(=O)Nc3cc(F)c(F)c(Cl)c3)ccc2Cl)CC1. The van der Waals surface area contributed by atoms with Crippen LogP contribution in [0.3, 0.4) is 0 Å². The van der Waals surface area contributed by atoms with Gasteiger partial charge in [-0.2, -0.15) is 4.31 Å². The van der Waals surface area contributed by atoms with Gasteiger partial charge in [0, 0.05) is 44.1 Å². The molecule has 1 amide bonds. The summed E-state index contributed by atoms with van der Waals surface area (Å²) in [6.07, 6.45) is 1.16. The summed E-state index contributed by atoms with van der Waals surface area (Å²) in [6.45, 7) is 0.222. The van der Waals surface area contributed by atoms with Crippen LogP contribution in [-0.4, -0.2) is 56.1 Å². The summed E-state index contributed by atoms with van der Waals surface area (Å²) in [5, 5.41) is 11.0. The molecule has 0 spiro atoms. The standard InChI is InChI=1S/C21H22Cl2F2N2O5S/c1-32-21(6-9-28)4-7-27(8-5-21)33(30,31)18-10-13(2-3-15(18)22)20(29)26-14-11-16(23)19(25)17(24)12-14/h2-3,10-12,28H,4-9H2,1H3,(H,26,29). The fourth-order valence-electron chi connectivity index (χ4n) is 3.71. The van der Waals surface area contributed by atoms with E-state index in [0.29, 0.717) is 19.3 Å². The van der Waals surface area contributed by atoms with Gasteiger partial charge in [0.1, 0.15) is 4.90 Å². The Labute approximate surface area is 200 Å². The van der Waals surface area contributed by atoms with Gasteiger partial charge in [-0.15, -0.1) is 0 Å². The number of nitrogens with one attached hydrogen (secondary N) is 1. The number of benzene rings is 2. The van der Waals surface area contributed by atoms with Gasteiger partial charge in [-0.05, 0) is 43.5 Å². The van der Waals surface area contributed by atoms with Crippen molar-refractivity contribution < 1.29 is 31.8 Å². The Bertz CT molecular complexity index is 1130. The van der Waals surface area contributed by atoms with E-state index in [1.54, 1.807) is 0 Å². The number of aliphatic hydroxyl groups excluding tert-OH is 1. The van der Waals surface area contributed by atoms with Crippen molar-refractivity contribution in [3.05, 3.63) is 57.6 Å². The summed E-state index contributed by atoms with van der Waals surface area (Å²) in [4.78, 5) is 12.4. The lowest BCUT2D eigenvalue weighted by Gasteiger charge is -2.40. The summed E-state index contributed by atoms with van der Waals surface area (Å²) in [5.41, 5.74) is -0.751. The number of methoxy groups -OCH3 is 1. The van der Waals surface area contributed by atoms with Crippen molar-refractivity contribution in [2.24, 2.45) is 0 Å². The average Bonchev–Trinajstić information content (AvgIpc) is 2.78. The summed E-state index contributed by atoms with van der Waals surface area (Å²) in [7, 11) is -2.51. The summed E-state index contributed by atoms with van der Waals surface area (Å²) < 4.78 is 60.2. The Hall–Kier alpha value is -1.82. The maximum Gasteiger partial charge on any atom is 0.255 e. The Morgan fingerprint density at radius 3 is 2.42 bits per heavy atom. The molecule has 0 atom stereocenters. The number of ether oxygens (including phenoxy) is 1. The number of halogens is 4. The third-order valence-corrected chi connectivity index (χ3v) is 8.34. The molecule has 0 bridgehead atoms. The molecule has 0 radical (unpaired) electrons. The smallest absolute Gasteiger partial charge is 0.255 e. The second-order valence-electron chi connectivity index (χ2n) is 7.62. The fraction of sp³-hybridized carbons (Fsp3) is 0.381. The van der Waals surface area contributed by atoms with Crippen LogP contribution in [0.2, 0.25) is 10.0 Å². The first kappa shape index (κ1) is 25.8. The number of amides is 1. The zero-order chi connectivity index (χ0) is 24.4. The molecule has 3 rings (SSSR count). The third kappa shape index (κ3) is 5.47. The predicted octanol–water partition coefficient (Wildman–Crippen LogP) is 4.08. The Morgan fingerprint density at radius 2 is 1.85 bits per heavy atom. The van der Waals surface area contributed by atoms with E-state index in [-0.39, 0.29) is 40.9 Å². The summed E-state index contributed by atoms with van der Waals surface area (Å²) in [5.74, 6) is -3.24. The Balaban J connectivity index is 1.83. The topological polar surface area (TPSA) is 95.9 Å². The largest absolute Gasteiger partial charge is 0.396 e. The first-order chi connectivity index (χ1) is 15.5. The molecule has 33 heavy (non-hydrogen) atoms. The molecule has 0 aliphatic carbocycles. The van der Waals surface area contributed by atoms with Crippen molar-refractivity contribution in [2.75, 3.05) is 32.1 Å². The normalized spacial score (nSPS) is 16.5. The minimum atomic E-state index is -4.04. The third-order valence-electron chi connectivity index (χ3n) is 5.69. The molecule has 12 heteroatoms. The second-order valence-corrected chi connectivity index (χ2v) is 10.3. The Morgan fingerprint density at radius 1 is 1.18 bits per heavy atom. The van der Waals surface area contributed by atoms with Crippen LogP contribution in [-0.2, 0) is 14.8 Å². The molecule has 2 aromatic rings. The van der Waals surface area contributed by atoms with Crippen LogP contribution in [0.25, 0.3) is 0 Å². The molecule has 7 nitrogen and oxygen atoms in total. The second kappa shape index (κ2) is 10.2. The minimum Gasteiger partial charge on any atom is -0.396 e. The number of hydrogen-bond donors (Lipinski definition) is 2. The lowest BCUT2D eigenvalue weighted by Crippen LogP contribution is -2.48. The fourth-order valence-corrected chi connectivity index (χ4v) is 5.86. The highest BCUT2D eigenvalue weighted by Crippen LogP contribution is 2.34. The van der Waals surface area contributed by atoms with E-state index < -0.39 is 38.2 Å².